The maximum Gasteiger partial charge on any atom is 0.251 e. The minimum Gasteiger partial charge on any atom is -0.354 e. The van der Waals surface area contributed by atoms with E-state index in [0.717, 1.165) is 57.1 Å². The van der Waals surface area contributed by atoms with Gasteiger partial charge in [-0.25, -0.2) is 9.97 Å². The van der Waals surface area contributed by atoms with Crippen LogP contribution in [-0.2, 0) is 5.75 Å². The standard InChI is InChI=1S/C34H43ClN6OS/c1-27-10-5-6-18-40(27)19-9-16-36-33(42)30-15-7-13-29(24-30)26-43-34-37-31(35)25-32(38-34)41-22-20-39(21-23-41)17-8-14-28-11-3-2-4-12-28/h2-4,7-8,11-15,24-25,27H,5-6,9-10,16-23,26H2,1H3,(H,36,42). The summed E-state index contributed by atoms with van der Waals surface area (Å²) in [6.07, 6.45) is 9.29. The number of aromatic nitrogens is 2. The molecule has 1 N–H and O–H groups in total. The van der Waals surface area contributed by atoms with E-state index in [1.54, 1.807) is 11.8 Å². The number of carbonyl (C=O) groups is 1. The molecule has 5 rings (SSSR count). The molecule has 7 nitrogen and oxygen atoms in total. The zero-order valence-corrected chi connectivity index (χ0v) is 26.7. The first-order valence-corrected chi connectivity index (χ1v) is 16.9. The number of amides is 1. The third-order valence-electron chi connectivity index (χ3n) is 8.24. The molecule has 43 heavy (non-hydrogen) atoms. The normalized spacial score (nSPS) is 18.3. The van der Waals surface area contributed by atoms with Gasteiger partial charge in [-0.15, -0.1) is 0 Å². The van der Waals surface area contributed by atoms with Crippen LogP contribution in [0.25, 0.3) is 6.08 Å². The molecule has 2 aliphatic rings. The number of anilines is 1. The molecule has 228 valence electrons. The summed E-state index contributed by atoms with van der Waals surface area (Å²) in [5.41, 5.74) is 2.97. The second-order valence-corrected chi connectivity index (χ2v) is 12.7. The molecule has 3 heterocycles. The van der Waals surface area contributed by atoms with Crippen molar-refractivity contribution in [1.29, 1.82) is 0 Å². The summed E-state index contributed by atoms with van der Waals surface area (Å²) in [5, 5.41) is 4.20. The van der Waals surface area contributed by atoms with E-state index >= 15 is 0 Å². The fraction of sp³-hybridized carbons (Fsp3) is 0.441. The fourth-order valence-corrected chi connectivity index (χ4v) is 6.72. The van der Waals surface area contributed by atoms with Gasteiger partial charge in [0.15, 0.2) is 5.16 Å². The van der Waals surface area contributed by atoms with Gasteiger partial charge >= 0.3 is 0 Å². The molecule has 0 saturated carbocycles. The van der Waals surface area contributed by atoms with Gasteiger partial charge in [-0.3, -0.25) is 9.69 Å². The van der Waals surface area contributed by atoms with E-state index in [4.69, 9.17) is 16.6 Å². The topological polar surface area (TPSA) is 64.6 Å². The van der Waals surface area contributed by atoms with Crippen LogP contribution in [0.5, 0.6) is 0 Å². The zero-order valence-electron chi connectivity index (χ0n) is 25.1. The van der Waals surface area contributed by atoms with Gasteiger partial charge in [-0.2, -0.15) is 0 Å². The molecule has 1 unspecified atom stereocenters. The molecule has 0 spiro atoms. The molecule has 2 aromatic carbocycles. The lowest BCUT2D eigenvalue weighted by Gasteiger charge is -2.35. The number of benzene rings is 2. The van der Waals surface area contributed by atoms with Gasteiger partial charge in [0.1, 0.15) is 11.0 Å². The summed E-state index contributed by atoms with van der Waals surface area (Å²) in [7, 11) is 0. The number of piperidine rings is 1. The lowest BCUT2D eigenvalue weighted by Crippen LogP contribution is -2.46. The average Bonchev–Trinajstić information content (AvgIpc) is 3.03. The van der Waals surface area contributed by atoms with Crippen molar-refractivity contribution in [1.82, 2.24) is 25.1 Å². The number of nitrogens with one attached hydrogen (secondary N) is 1. The smallest absolute Gasteiger partial charge is 0.251 e. The van der Waals surface area contributed by atoms with Crippen molar-refractivity contribution >= 4 is 41.2 Å². The first-order chi connectivity index (χ1) is 21.0. The Morgan fingerprint density at radius 1 is 1.02 bits per heavy atom. The highest BCUT2D eigenvalue weighted by Crippen LogP contribution is 2.26. The Balaban J connectivity index is 1.07. The number of hydrogen-bond donors (Lipinski definition) is 1. The molecule has 2 saturated heterocycles. The van der Waals surface area contributed by atoms with Crippen molar-refractivity contribution < 1.29 is 4.79 Å². The number of halogens is 1. The highest BCUT2D eigenvalue weighted by molar-refractivity contribution is 7.98. The van der Waals surface area contributed by atoms with Crippen LogP contribution in [0.15, 0.2) is 71.9 Å². The van der Waals surface area contributed by atoms with Crippen LogP contribution in [0.1, 0.15) is 54.1 Å². The maximum absolute atomic E-state index is 12.8. The van der Waals surface area contributed by atoms with Crippen molar-refractivity contribution in [3.63, 3.8) is 0 Å². The lowest BCUT2D eigenvalue weighted by atomic mass is 10.0. The summed E-state index contributed by atoms with van der Waals surface area (Å²) in [6.45, 7) is 9.88. The maximum atomic E-state index is 12.8. The second-order valence-electron chi connectivity index (χ2n) is 11.4. The number of thioether (sulfide) groups is 1. The second kappa shape index (κ2) is 16.2. The van der Waals surface area contributed by atoms with Crippen molar-refractivity contribution in [2.45, 2.75) is 49.6 Å². The van der Waals surface area contributed by atoms with Crippen LogP contribution >= 0.6 is 23.4 Å². The zero-order chi connectivity index (χ0) is 29.9. The van der Waals surface area contributed by atoms with Gasteiger partial charge in [0.2, 0.25) is 0 Å². The van der Waals surface area contributed by atoms with E-state index in [0.29, 0.717) is 34.2 Å². The molecule has 1 atom stereocenters. The van der Waals surface area contributed by atoms with E-state index in [1.165, 1.54) is 31.4 Å². The Labute approximate surface area is 265 Å². The molecule has 0 radical (unpaired) electrons. The summed E-state index contributed by atoms with van der Waals surface area (Å²) < 4.78 is 0. The molecule has 1 amide bonds. The van der Waals surface area contributed by atoms with Crippen molar-refractivity contribution in [3.8, 4) is 0 Å². The van der Waals surface area contributed by atoms with Crippen LogP contribution in [-0.4, -0.2) is 84.1 Å². The van der Waals surface area contributed by atoms with Crippen LogP contribution in [0.3, 0.4) is 0 Å². The van der Waals surface area contributed by atoms with Gasteiger partial charge < -0.3 is 15.1 Å². The van der Waals surface area contributed by atoms with E-state index in [2.05, 4.69) is 68.3 Å². The van der Waals surface area contributed by atoms with E-state index in [-0.39, 0.29) is 5.91 Å². The number of piperazine rings is 1. The fourth-order valence-electron chi connectivity index (χ4n) is 5.70. The molecule has 1 aromatic heterocycles. The molecule has 9 heteroatoms. The minimum atomic E-state index is -0.0190. The molecule has 0 aliphatic carbocycles. The number of carbonyl (C=O) groups excluding carboxylic acids is 1. The third kappa shape index (κ3) is 9.80. The number of hydrogen-bond acceptors (Lipinski definition) is 7. The Bertz CT molecular complexity index is 1350. The largest absolute Gasteiger partial charge is 0.354 e. The molecular weight excluding hydrogens is 576 g/mol. The predicted molar refractivity (Wildman–Crippen MR) is 179 cm³/mol. The Morgan fingerprint density at radius 3 is 2.67 bits per heavy atom. The van der Waals surface area contributed by atoms with Gasteiger partial charge in [-0.05, 0) is 56.0 Å². The average molecular weight is 619 g/mol. The summed E-state index contributed by atoms with van der Waals surface area (Å²) in [4.78, 5) is 29.4. The van der Waals surface area contributed by atoms with Gasteiger partial charge in [0.05, 0.1) is 0 Å². The molecule has 0 bridgehead atoms. The van der Waals surface area contributed by atoms with Crippen molar-refractivity contribution in [2.24, 2.45) is 0 Å². The van der Waals surface area contributed by atoms with E-state index < -0.39 is 0 Å². The molecule has 3 aromatic rings. The summed E-state index contributed by atoms with van der Waals surface area (Å²) in [5.74, 6) is 1.51. The summed E-state index contributed by atoms with van der Waals surface area (Å²) in [6, 6.07) is 20.7. The summed E-state index contributed by atoms with van der Waals surface area (Å²) >= 11 is 7.97. The van der Waals surface area contributed by atoms with Gasteiger partial charge in [0.25, 0.3) is 5.91 Å². The van der Waals surface area contributed by atoms with Gasteiger partial charge in [-0.1, -0.05) is 84.4 Å². The SMILES string of the molecule is CC1CCCCN1CCCNC(=O)c1cccc(CSc2nc(Cl)cc(N3CCN(CC=Cc4ccccc4)CC3)n2)c1. The first-order valence-electron chi connectivity index (χ1n) is 15.5. The Morgan fingerprint density at radius 2 is 1.86 bits per heavy atom. The predicted octanol–water partition coefficient (Wildman–Crippen LogP) is 6.25. The number of rotatable bonds is 12. The van der Waals surface area contributed by atoms with Crippen LogP contribution in [0.2, 0.25) is 5.15 Å². The van der Waals surface area contributed by atoms with Crippen molar-refractivity contribution in [3.05, 3.63) is 88.6 Å². The molecular formula is C34H43ClN6OS. The quantitative estimate of drug-likeness (QED) is 0.111. The van der Waals surface area contributed by atoms with Crippen LogP contribution in [0, 0.1) is 0 Å². The molecule has 2 fully saturated rings. The first kappa shape index (κ1) is 31.5. The number of nitrogens with zero attached hydrogens (tertiary/aromatic N) is 5. The van der Waals surface area contributed by atoms with E-state index in [9.17, 15) is 4.79 Å². The highest BCUT2D eigenvalue weighted by Gasteiger charge is 2.19. The van der Waals surface area contributed by atoms with Crippen molar-refractivity contribution in [2.75, 3.05) is 57.3 Å². The molecule has 2 aliphatic heterocycles. The minimum absolute atomic E-state index is 0.0190. The third-order valence-corrected chi connectivity index (χ3v) is 9.35. The van der Waals surface area contributed by atoms with E-state index in [1.807, 2.05) is 36.4 Å². The van der Waals surface area contributed by atoms with Crippen LogP contribution < -0.4 is 10.2 Å². The van der Waals surface area contributed by atoms with Crippen LogP contribution in [0.4, 0.5) is 5.82 Å². The number of likely N-dealkylation sites (tertiary alicyclic amines) is 1. The lowest BCUT2D eigenvalue weighted by molar-refractivity contribution is 0.0948. The van der Waals surface area contributed by atoms with Gasteiger partial charge in [0, 0.05) is 69.2 Å². The Hall–Kier alpha value is -2.91. The Kier molecular flexibility index (Phi) is 11.9. The highest BCUT2D eigenvalue weighted by atomic mass is 35.5. The monoisotopic (exact) mass is 618 g/mol.